The number of methoxy groups -OCH3 is 1. The van der Waals surface area contributed by atoms with Gasteiger partial charge in [0.25, 0.3) is 0 Å². The predicted molar refractivity (Wildman–Crippen MR) is 93.5 cm³/mol. The van der Waals surface area contributed by atoms with E-state index < -0.39 is 5.95 Å². The maximum atomic E-state index is 14.0. The molecular weight excluding hydrogens is 335 g/mol. The minimum atomic E-state index is -0.588. The molecule has 0 aliphatic rings. The number of halogens is 1. The Morgan fingerprint density at radius 2 is 2.04 bits per heavy atom. The van der Waals surface area contributed by atoms with Gasteiger partial charge in [-0.25, -0.2) is 14.6 Å². The van der Waals surface area contributed by atoms with Crippen molar-refractivity contribution >= 4 is 5.65 Å². The van der Waals surface area contributed by atoms with Gasteiger partial charge < -0.3 is 9.14 Å². The van der Waals surface area contributed by atoms with Crippen molar-refractivity contribution < 1.29 is 9.13 Å². The molecule has 0 fully saturated rings. The lowest BCUT2D eigenvalue weighted by Gasteiger charge is -2.04. The summed E-state index contributed by atoms with van der Waals surface area (Å²) in [6.07, 6.45) is 5.16. The highest BCUT2D eigenvalue weighted by molar-refractivity contribution is 5.63. The first-order valence-electron chi connectivity index (χ1n) is 8.13. The van der Waals surface area contributed by atoms with Gasteiger partial charge in [-0.05, 0) is 38.1 Å². The highest BCUT2D eigenvalue weighted by atomic mass is 19.1. The Hall–Kier alpha value is -3.13. The molecule has 0 saturated heterocycles. The largest absolute Gasteiger partial charge is 0.375 e. The van der Waals surface area contributed by atoms with Gasteiger partial charge in [0.15, 0.2) is 0 Å². The molecule has 0 bridgehead atoms. The lowest BCUT2D eigenvalue weighted by molar-refractivity contribution is 0.116. The van der Waals surface area contributed by atoms with Crippen LogP contribution in [0.3, 0.4) is 0 Å². The number of imidazole rings is 1. The Kier molecular flexibility index (Phi) is 3.96. The van der Waals surface area contributed by atoms with Gasteiger partial charge in [0, 0.05) is 31.3 Å². The van der Waals surface area contributed by atoms with Crippen LogP contribution in [-0.4, -0.2) is 36.5 Å². The third-order valence-electron chi connectivity index (χ3n) is 4.38. The van der Waals surface area contributed by atoms with E-state index in [4.69, 9.17) is 4.74 Å². The minimum absolute atomic E-state index is 0.0884. The standard InChI is InChI=1S/C18H17FN6O/c1-11-17(22-23-25(11)15-5-4-8-20-18(15)19)13-6-7-16-21-14(12(2)26-3)10-24(16)9-13/h4-10,12H,1-3H3. The fourth-order valence-electron chi connectivity index (χ4n) is 2.83. The van der Waals surface area contributed by atoms with Crippen LogP contribution in [0.2, 0.25) is 0 Å². The van der Waals surface area contributed by atoms with Gasteiger partial charge in [-0.2, -0.15) is 4.39 Å². The van der Waals surface area contributed by atoms with Gasteiger partial charge in [0.2, 0.25) is 5.95 Å². The van der Waals surface area contributed by atoms with Crippen molar-refractivity contribution in [3.63, 3.8) is 0 Å². The summed E-state index contributed by atoms with van der Waals surface area (Å²) in [4.78, 5) is 8.21. The van der Waals surface area contributed by atoms with Crippen molar-refractivity contribution in [2.24, 2.45) is 0 Å². The Morgan fingerprint density at radius 3 is 2.81 bits per heavy atom. The zero-order chi connectivity index (χ0) is 18.3. The number of rotatable bonds is 4. The number of aromatic nitrogens is 6. The average molecular weight is 352 g/mol. The molecule has 0 amide bonds. The summed E-state index contributed by atoms with van der Waals surface area (Å²) in [7, 11) is 1.65. The van der Waals surface area contributed by atoms with Crippen molar-refractivity contribution in [2.75, 3.05) is 7.11 Å². The second kappa shape index (κ2) is 6.30. The molecule has 0 aliphatic heterocycles. The molecule has 0 aromatic carbocycles. The zero-order valence-electron chi connectivity index (χ0n) is 14.6. The Morgan fingerprint density at radius 1 is 1.19 bits per heavy atom. The quantitative estimate of drug-likeness (QED) is 0.528. The third-order valence-corrected chi connectivity index (χ3v) is 4.38. The van der Waals surface area contributed by atoms with E-state index in [0.29, 0.717) is 5.69 Å². The van der Waals surface area contributed by atoms with E-state index in [2.05, 4.69) is 20.3 Å². The molecule has 0 spiro atoms. The zero-order valence-corrected chi connectivity index (χ0v) is 14.6. The van der Waals surface area contributed by atoms with Gasteiger partial charge in [-0.1, -0.05) is 5.21 Å². The van der Waals surface area contributed by atoms with Crippen LogP contribution in [-0.2, 0) is 4.74 Å². The van der Waals surface area contributed by atoms with Crippen molar-refractivity contribution in [1.29, 1.82) is 0 Å². The fraction of sp³-hybridized carbons (Fsp3) is 0.222. The Bertz CT molecular complexity index is 1090. The monoisotopic (exact) mass is 352 g/mol. The molecule has 26 heavy (non-hydrogen) atoms. The van der Waals surface area contributed by atoms with Crippen molar-refractivity contribution in [3.05, 3.63) is 60.2 Å². The minimum Gasteiger partial charge on any atom is -0.375 e. The van der Waals surface area contributed by atoms with E-state index >= 15 is 0 Å². The highest BCUT2D eigenvalue weighted by Gasteiger charge is 2.16. The van der Waals surface area contributed by atoms with Crippen LogP contribution in [0.5, 0.6) is 0 Å². The number of nitrogens with zero attached hydrogens (tertiary/aromatic N) is 6. The maximum absolute atomic E-state index is 14.0. The molecule has 0 saturated carbocycles. The molecule has 4 aromatic rings. The molecule has 4 heterocycles. The van der Waals surface area contributed by atoms with Crippen LogP contribution in [0.4, 0.5) is 4.39 Å². The predicted octanol–water partition coefficient (Wildman–Crippen LogP) is 3.13. The van der Waals surface area contributed by atoms with Crippen LogP contribution in [0.25, 0.3) is 22.6 Å². The molecule has 8 heteroatoms. The van der Waals surface area contributed by atoms with Crippen molar-refractivity contribution in [3.8, 4) is 16.9 Å². The Balaban J connectivity index is 1.77. The lowest BCUT2D eigenvalue weighted by Crippen LogP contribution is -2.03. The van der Waals surface area contributed by atoms with Crippen molar-refractivity contribution in [2.45, 2.75) is 20.0 Å². The summed E-state index contributed by atoms with van der Waals surface area (Å²) in [6, 6.07) is 7.11. The van der Waals surface area contributed by atoms with E-state index in [1.165, 1.54) is 10.9 Å². The van der Waals surface area contributed by atoms with E-state index in [-0.39, 0.29) is 11.8 Å². The molecule has 1 atom stereocenters. The molecule has 4 rings (SSSR count). The number of hydrogen-bond donors (Lipinski definition) is 0. The summed E-state index contributed by atoms with van der Waals surface area (Å²) < 4.78 is 22.7. The second-order valence-electron chi connectivity index (χ2n) is 5.98. The first-order valence-corrected chi connectivity index (χ1v) is 8.13. The van der Waals surface area contributed by atoms with E-state index in [0.717, 1.165) is 22.6 Å². The lowest BCUT2D eigenvalue weighted by atomic mass is 10.2. The highest BCUT2D eigenvalue weighted by Crippen LogP contribution is 2.25. The van der Waals surface area contributed by atoms with Gasteiger partial charge in [-0.15, -0.1) is 5.10 Å². The van der Waals surface area contributed by atoms with Crippen LogP contribution < -0.4 is 0 Å². The van der Waals surface area contributed by atoms with Crippen LogP contribution in [0, 0.1) is 12.9 Å². The Labute approximate surface area is 149 Å². The molecule has 1 unspecified atom stereocenters. The van der Waals surface area contributed by atoms with Crippen LogP contribution >= 0.6 is 0 Å². The molecule has 0 aliphatic carbocycles. The molecular formula is C18H17FN6O. The molecule has 4 aromatic heterocycles. The summed E-state index contributed by atoms with van der Waals surface area (Å²) in [5, 5.41) is 8.32. The van der Waals surface area contributed by atoms with E-state index in [1.54, 1.807) is 19.2 Å². The molecule has 0 N–H and O–H groups in total. The van der Waals surface area contributed by atoms with Gasteiger partial charge >= 0.3 is 0 Å². The van der Waals surface area contributed by atoms with Gasteiger partial charge in [0.05, 0.1) is 17.5 Å². The van der Waals surface area contributed by atoms with Gasteiger partial charge in [-0.3, -0.25) is 0 Å². The first kappa shape index (κ1) is 16.3. The van der Waals surface area contributed by atoms with Crippen LogP contribution in [0.15, 0.2) is 42.9 Å². The van der Waals surface area contributed by atoms with Crippen molar-refractivity contribution in [1.82, 2.24) is 29.4 Å². The topological polar surface area (TPSA) is 70.1 Å². The summed E-state index contributed by atoms with van der Waals surface area (Å²) in [5.74, 6) is -0.588. The second-order valence-corrected chi connectivity index (χ2v) is 5.98. The fourth-order valence-corrected chi connectivity index (χ4v) is 2.83. The smallest absolute Gasteiger partial charge is 0.238 e. The summed E-state index contributed by atoms with van der Waals surface area (Å²) >= 11 is 0. The van der Waals surface area contributed by atoms with E-state index in [1.807, 2.05) is 42.8 Å². The van der Waals surface area contributed by atoms with Gasteiger partial charge in [0.1, 0.15) is 17.0 Å². The SMILES string of the molecule is COC(C)c1cn2cc(-c3nnn(-c4cccnc4F)c3C)ccc2n1. The number of fused-ring (bicyclic) bond motifs is 1. The third kappa shape index (κ3) is 2.64. The van der Waals surface area contributed by atoms with E-state index in [9.17, 15) is 4.39 Å². The van der Waals surface area contributed by atoms with Crippen LogP contribution in [0.1, 0.15) is 24.4 Å². The average Bonchev–Trinajstić information content (AvgIpc) is 3.24. The maximum Gasteiger partial charge on any atom is 0.238 e. The molecule has 0 radical (unpaired) electrons. The first-order chi connectivity index (χ1) is 12.6. The number of pyridine rings is 2. The molecule has 132 valence electrons. The number of ether oxygens (including phenoxy) is 1. The number of hydrogen-bond acceptors (Lipinski definition) is 5. The summed E-state index contributed by atoms with van der Waals surface area (Å²) in [5.41, 5.74) is 4.19. The summed E-state index contributed by atoms with van der Waals surface area (Å²) in [6.45, 7) is 3.79. The normalized spacial score (nSPS) is 12.6. The molecule has 7 nitrogen and oxygen atoms in total.